The molecular formula is C21H26N4OS. The molecule has 0 spiro atoms. The Hall–Kier alpha value is -2.02. The van der Waals surface area contributed by atoms with Crippen LogP contribution in [0.1, 0.15) is 27.6 Å². The number of aryl methyl sites for hydroxylation is 3. The molecule has 1 unspecified atom stereocenters. The predicted octanol–water partition coefficient (Wildman–Crippen LogP) is 4.10. The predicted molar refractivity (Wildman–Crippen MR) is 112 cm³/mol. The Balaban J connectivity index is 1.67. The summed E-state index contributed by atoms with van der Waals surface area (Å²) in [7, 11) is 0. The molecule has 1 atom stereocenters. The van der Waals surface area contributed by atoms with Crippen LogP contribution in [0.3, 0.4) is 0 Å². The van der Waals surface area contributed by atoms with Crippen LogP contribution in [0.2, 0.25) is 0 Å². The van der Waals surface area contributed by atoms with E-state index in [1.165, 1.54) is 21.6 Å². The molecule has 1 N–H and O–H groups in total. The van der Waals surface area contributed by atoms with Gasteiger partial charge in [0.05, 0.1) is 24.6 Å². The van der Waals surface area contributed by atoms with Gasteiger partial charge in [0, 0.05) is 24.5 Å². The van der Waals surface area contributed by atoms with Gasteiger partial charge in [0.25, 0.3) is 0 Å². The third kappa shape index (κ3) is 3.98. The summed E-state index contributed by atoms with van der Waals surface area (Å²) in [5, 5.41) is 4.88. The molecule has 4 rings (SSSR count). The first-order valence-electron chi connectivity index (χ1n) is 9.45. The summed E-state index contributed by atoms with van der Waals surface area (Å²) in [6.07, 6.45) is 1.67. The summed E-state index contributed by atoms with van der Waals surface area (Å²) >= 11 is 1.74. The highest BCUT2D eigenvalue weighted by Gasteiger charge is 2.21. The molecule has 1 saturated heterocycles. The number of thiophene rings is 1. The minimum atomic E-state index is 0.168. The molecule has 142 valence electrons. The van der Waals surface area contributed by atoms with E-state index in [2.05, 4.69) is 65.2 Å². The third-order valence-electron chi connectivity index (χ3n) is 5.30. The maximum Gasteiger partial charge on any atom is 0.138 e. The van der Waals surface area contributed by atoms with E-state index >= 15 is 0 Å². The zero-order valence-corrected chi connectivity index (χ0v) is 17.0. The fraction of sp³-hybridized carbons (Fsp3) is 0.429. The third-order valence-corrected chi connectivity index (χ3v) is 6.42. The van der Waals surface area contributed by atoms with E-state index in [1.807, 2.05) is 0 Å². The molecule has 3 aromatic rings. The number of benzene rings is 1. The van der Waals surface area contributed by atoms with Crippen LogP contribution in [0.4, 0.5) is 5.82 Å². The Labute approximate surface area is 164 Å². The normalized spacial score (nSPS) is 16.6. The van der Waals surface area contributed by atoms with Gasteiger partial charge in [-0.3, -0.25) is 4.90 Å². The maximum absolute atomic E-state index is 5.52. The standard InChI is InChI=1S/C21H26N4OS/c1-14-4-6-17(7-5-14)18(12-25-8-10-26-11-9-25)24-20-19-15(2)16(3)27-21(19)23-13-22-20/h4-7,13,18H,8-12H2,1-3H3,(H,22,23,24). The average molecular weight is 383 g/mol. The van der Waals surface area contributed by atoms with Gasteiger partial charge in [0.1, 0.15) is 17.0 Å². The van der Waals surface area contributed by atoms with E-state index in [0.717, 1.165) is 48.9 Å². The Bertz CT molecular complexity index is 916. The summed E-state index contributed by atoms with van der Waals surface area (Å²) in [4.78, 5) is 13.9. The van der Waals surface area contributed by atoms with E-state index < -0.39 is 0 Å². The van der Waals surface area contributed by atoms with Crippen molar-refractivity contribution in [1.82, 2.24) is 14.9 Å². The topological polar surface area (TPSA) is 50.3 Å². The van der Waals surface area contributed by atoms with Crippen molar-refractivity contribution >= 4 is 27.4 Å². The van der Waals surface area contributed by atoms with Crippen molar-refractivity contribution < 1.29 is 4.74 Å². The van der Waals surface area contributed by atoms with Crippen LogP contribution in [-0.2, 0) is 4.74 Å². The molecule has 1 fully saturated rings. The number of nitrogens with zero attached hydrogens (tertiary/aromatic N) is 3. The van der Waals surface area contributed by atoms with Gasteiger partial charge in [0.2, 0.25) is 0 Å². The van der Waals surface area contributed by atoms with Gasteiger partial charge in [-0.25, -0.2) is 9.97 Å². The van der Waals surface area contributed by atoms with Crippen LogP contribution >= 0.6 is 11.3 Å². The largest absolute Gasteiger partial charge is 0.379 e. The molecular weight excluding hydrogens is 356 g/mol. The van der Waals surface area contributed by atoms with Crippen LogP contribution in [-0.4, -0.2) is 47.7 Å². The number of aromatic nitrogens is 2. The van der Waals surface area contributed by atoms with Crippen molar-refractivity contribution in [3.05, 3.63) is 52.2 Å². The maximum atomic E-state index is 5.52. The smallest absolute Gasteiger partial charge is 0.138 e. The molecule has 6 heteroatoms. The van der Waals surface area contributed by atoms with E-state index in [0.29, 0.717) is 0 Å². The molecule has 1 aliphatic heterocycles. The Morgan fingerprint density at radius 1 is 1.11 bits per heavy atom. The number of anilines is 1. The SMILES string of the molecule is Cc1ccc(C(CN2CCOCC2)Nc2ncnc3sc(C)c(C)c23)cc1. The monoisotopic (exact) mass is 382 g/mol. The van der Waals surface area contributed by atoms with Gasteiger partial charge in [-0.05, 0) is 31.9 Å². The molecule has 2 aromatic heterocycles. The fourth-order valence-corrected chi connectivity index (χ4v) is 4.53. The number of nitrogens with one attached hydrogen (secondary N) is 1. The lowest BCUT2D eigenvalue weighted by molar-refractivity contribution is 0.0361. The van der Waals surface area contributed by atoms with E-state index in [-0.39, 0.29) is 6.04 Å². The number of rotatable bonds is 5. The zero-order valence-electron chi connectivity index (χ0n) is 16.2. The summed E-state index contributed by atoms with van der Waals surface area (Å²) < 4.78 is 5.52. The Morgan fingerprint density at radius 2 is 1.85 bits per heavy atom. The number of fused-ring (bicyclic) bond motifs is 1. The summed E-state index contributed by atoms with van der Waals surface area (Å²) in [5.74, 6) is 0.931. The lowest BCUT2D eigenvalue weighted by atomic mass is 10.0. The minimum Gasteiger partial charge on any atom is -0.379 e. The molecule has 3 heterocycles. The summed E-state index contributed by atoms with van der Waals surface area (Å²) in [6, 6.07) is 8.97. The molecule has 0 bridgehead atoms. The van der Waals surface area contributed by atoms with Crippen molar-refractivity contribution in [2.75, 3.05) is 38.2 Å². The average Bonchev–Trinajstić information content (AvgIpc) is 2.98. The lowest BCUT2D eigenvalue weighted by Crippen LogP contribution is -2.40. The molecule has 0 amide bonds. The van der Waals surface area contributed by atoms with Crippen LogP contribution < -0.4 is 5.32 Å². The number of hydrogen-bond acceptors (Lipinski definition) is 6. The molecule has 0 saturated carbocycles. The van der Waals surface area contributed by atoms with E-state index in [9.17, 15) is 0 Å². The van der Waals surface area contributed by atoms with Gasteiger partial charge in [0.15, 0.2) is 0 Å². The van der Waals surface area contributed by atoms with Gasteiger partial charge in [-0.1, -0.05) is 29.8 Å². The van der Waals surface area contributed by atoms with Gasteiger partial charge >= 0.3 is 0 Å². The number of hydrogen-bond donors (Lipinski definition) is 1. The highest BCUT2D eigenvalue weighted by Crippen LogP contribution is 2.34. The molecule has 1 aromatic carbocycles. The van der Waals surface area contributed by atoms with Crippen LogP contribution in [0.15, 0.2) is 30.6 Å². The van der Waals surface area contributed by atoms with Crippen molar-refractivity contribution in [2.45, 2.75) is 26.8 Å². The zero-order chi connectivity index (χ0) is 18.8. The Morgan fingerprint density at radius 3 is 2.59 bits per heavy atom. The quantitative estimate of drug-likeness (QED) is 0.720. The number of morpholine rings is 1. The first-order valence-corrected chi connectivity index (χ1v) is 10.3. The van der Waals surface area contributed by atoms with E-state index in [4.69, 9.17) is 4.74 Å². The molecule has 5 nitrogen and oxygen atoms in total. The molecule has 27 heavy (non-hydrogen) atoms. The molecule has 0 radical (unpaired) electrons. The van der Waals surface area contributed by atoms with Crippen LogP contribution in [0, 0.1) is 20.8 Å². The minimum absolute atomic E-state index is 0.168. The van der Waals surface area contributed by atoms with Crippen molar-refractivity contribution in [1.29, 1.82) is 0 Å². The summed E-state index contributed by atoms with van der Waals surface area (Å²) in [6.45, 7) is 10.9. The second-order valence-electron chi connectivity index (χ2n) is 7.21. The second-order valence-corrected chi connectivity index (χ2v) is 8.41. The van der Waals surface area contributed by atoms with Gasteiger partial charge in [-0.15, -0.1) is 11.3 Å². The summed E-state index contributed by atoms with van der Waals surface area (Å²) in [5.41, 5.74) is 3.83. The van der Waals surface area contributed by atoms with Crippen molar-refractivity contribution in [3.63, 3.8) is 0 Å². The van der Waals surface area contributed by atoms with E-state index in [1.54, 1.807) is 17.7 Å². The Kier molecular flexibility index (Phi) is 5.38. The fourth-order valence-electron chi connectivity index (χ4n) is 3.53. The van der Waals surface area contributed by atoms with Crippen molar-refractivity contribution in [3.8, 4) is 0 Å². The van der Waals surface area contributed by atoms with Crippen LogP contribution in [0.25, 0.3) is 10.2 Å². The highest BCUT2D eigenvalue weighted by molar-refractivity contribution is 7.18. The van der Waals surface area contributed by atoms with Gasteiger partial charge < -0.3 is 10.1 Å². The molecule has 0 aliphatic carbocycles. The molecule has 1 aliphatic rings. The highest BCUT2D eigenvalue weighted by atomic mass is 32.1. The van der Waals surface area contributed by atoms with Gasteiger partial charge in [-0.2, -0.15) is 0 Å². The first-order chi connectivity index (χ1) is 13.1. The number of ether oxygens (including phenoxy) is 1. The lowest BCUT2D eigenvalue weighted by Gasteiger charge is -2.31. The van der Waals surface area contributed by atoms with Crippen LogP contribution in [0.5, 0.6) is 0 Å². The van der Waals surface area contributed by atoms with Crippen molar-refractivity contribution in [2.24, 2.45) is 0 Å². The second kappa shape index (κ2) is 7.92. The first kappa shape index (κ1) is 18.3.